The van der Waals surface area contributed by atoms with Crippen LogP contribution in [0.25, 0.3) is 0 Å². The highest BCUT2D eigenvalue weighted by atomic mass is 19.1. The highest BCUT2D eigenvalue weighted by Crippen LogP contribution is 2.43. The Kier molecular flexibility index (Phi) is 5.14. The Labute approximate surface area is 171 Å². The number of halogens is 1. The van der Waals surface area contributed by atoms with Crippen LogP contribution in [0.4, 0.5) is 15.9 Å². The molecular formula is C23H29FN4O. The molecule has 0 bridgehead atoms. The van der Waals surface area contributed by atoms with E-state index in [2.05, 4.69) is 32.2 Å². The molecule has 3 aliphatic rings. The number of nitrogens with zero attached hydrogens (tertiary/aromatic N) is 3. The topological polar surface area (TPSA) is 40.6 Å². The maximum Gasteiger partial charge on any atom is 0.128 e. The second-order valence-electron chi connectivity index (χ2n) is 8.60. The average molecular weight is 397 g/mol. The van der Waals surface area contributed by atoms with Crippen molar-refractivity contribution in [1.82, 2.24) is 10.3 Å². The predicted molar refractivity (Wildman–Crippen MR) is 113 cm³/mol. The minimum absolute atomic E-state index is 0.186. The lowest BCUT2D eigenvalue weighted by molar-refractivity contribution is -0.0563. The van der Waals surface area contributed by atoms with Crippen molar-refractivity contribution in [3.8, 4) is 0 Å². The number of hydrogen-bond donors (Lipinski definition) is 1. The van der Waals surface area contributed by atoms with Gasteiger partial charge < -0.3 is 19.9 Å². The van der Waals surface area contributed by atoms with Gasteiger partial charge in [-0.2, -0.15) is 0 Å². The van der Waals surface area contributed by atoms with Crippen LogP contribution in [0.3, 0.4) is 0 Å². The molecule has 1 saturated carbocycles. The first-order valence-corrected chi connectivity index (χ1v) is 10.8. The summed E-state index contributed by atoms with van der Waals surface area (Å²) in [7, 11) is 0. The van der Waals surface area contributed by atoms with Crippen molar-refractivity contribution in [3.05, 3.63) is 54.0 Å². The Morgan fingerprint density at radius 3 is 2.52 bits per heavy atom. The molecule has 3 heterocycles. The highest BCUT2D eigenvalue weighted by Gasteiger charge is 2.44. The lowest BCUT2D eigenvalue weighted by Gasteiger charge is -2.37. The summed E-state index contributed by atoms with van der Waals surface area (Å²) in [6.45, 7) is 5.35. The van der Waals surface area contributed by atoms with Gasteiger partial charge in [0.15, 0.2) is 0 Å². The first-order chi connectivity index (χ1) is 14.2. The molecule has 5 rings (SSSR count). The zero-order valence-electron chi connectivity index (χ0n) is 16.8. The first-order valence-electron chi connectivity index (χ1n) is 10.8. The number of anilines is 2. The van der Waals surface area contributed by atoms with Crippen molar-refractivity contribution in [2.75, 3.05) is 42.6 Å². The molecule has 1 aromatic carbocycles. The maximum atomic E-state index is 13.1. The summed E-state index contributed by atoms with van der Waals surface area (Å²) in [5, 5.41) is 3.67. The molecule has 5 nitrogen and oxygen atoms in total. The average Bonchev–Trinajstić information content (AvgIpc) is 3.19. The van der Waals surface area contributed by atoms with E-state index < -0.39 is 0 Å². The van der Waals surface area contributed by atoms with Crippen LogP contribution in [0.1, 0.15) is 31.2 Å². The summed E-state index contributed by atoms with van der Waals surface area (Å²) in [6.07, 6.45) is 6.84. The fraction of sp³-hybridized carbons (Fsp3) is 0.522. The molecule has 0 radical (unpaired) electrons. The number of piperazine rings is 1. The van der Waals surface area contributed by atoms with Crippen LogP contribution in [-0.2, 0) is 11.3 Å². The molecule has 1 aromatic heterocycles. The van der Waals surface area contributed by atoms with E-state index in [0.717, 1.165) is 57.3 Å². The third-order valence-corrected chi connectivity index (χ3v) is 6.67. The first kappa shape index (κ1) is 18.8. The molecule has 154 valence electrons. The number of ether oxygens (including phenoxy) is 1. The number of rotatable bonds is 5. The summed E-state index contributed by atoms with van der Waals surface area (Å²) in [5.41, 5.74) is 2.55. The molecule has 1 unspecified atom stereocenters. The van der Waals surface area contributed by atoms with E-state index in [1.165, 1.54) is 37.0 Å². The Morgan fingerprint density at radius 2 is 1.83 bits per heavy atom. The van der Waals surface area contributed by atoms with Gasteiger partial charge in [-0.05, 0) is 67.6 Å². The lowest BCUT2D eigenvalue weighted by Crippen LogP contribution is -2.46. The van der Waals surface area contributed by atoms with Crippen LogP contribution in [0.2, 0.25) is 0 Å². The van der Waals surface area contributed by atoms with Crippen LogP contribution in [0.5, 0.6) is 0 Å². The smallest absolute Gasteiger partial charge is 0.128 e. The van der Waals surface area contributed by atoms with E-state index in [4.69, 9.17) is 4.74 Å². The van der Waals surface area contributed by atoms with Crippen molar-refractivity contribution >= 4 is 11.5 Å². The van der Waals surface area contributed by atoms with Gasteiger partial charge in [-0.1, -0.05) is 0 Å². The molecule has 2 aromatic rings. The Morgan fingerprint density at radius 1 is 1.07 bits per heavy atom. The van der Waals surface area contributed by atoms with Crippen LogP contribution >= 0.6 is 0 Å². The predicted octanol–water partition coefficient (Wildman–Crippen LogP) is 3.35. The van der Waals surface area contributed by atoms with Crippen molar-refractivity contribution in [2.24, 2.45) is 0 Å². The summed E-state index contributed by atoms with van der Waals surface area (Å²) in [4.78, 5) is 9.25. The number of benzene rings is 1. The van der Waals surface area contributed by atoms with Gasteiger partial charge in [-0.15, -0.1) is 0 Å². The SMILES string of the molecule is Fc1ccc(N2CCN(c3cc(CNC4COC5(CCC5)C4)ccn3)CC2)cc1. The number of hydrogen-bond acceptors (Lipinski definition) is 5. The van der Waals surface area contributed by atoms with Crippen molar-refractivity contribution < 1.29 is 9.13 Å². The van der Waals surface area contributed by atoms with Gasteiger partial charge in [0, 0.05) is 50.6 Å². The second kappa shape index (κ2) is 7.92. The summed E-state index contributed by atoms with van der Waals surface area (Å²) in [6, 6.07) is 11.5. The molecule has 29 heavy (non-hydrogen) atoms. The Bertz CT molecular complexity index is 831. The van der Waals surface area contributed by atoms with Crippen LogP contribution in [0, 0.1) is 5.82 Å². The summed E-state index contributed by atoms with van der Waals surface area (Å²) >= 11 is 0. The van der Waals surface area contributed by atoms with Crippen LogP contribution in [0.15, 0.2) is 42.6 Å². The standard InChI is InChI=1S/C23H29FN4O/c24-19-2-4-21(5-3-19)27-10-12-28(13-11-27)22-14-18(6-9-25-22)16-26-20-15-23(29-17-20)7-1-8-23/h2-6,9,14,20,26H,1,7-8,10-13,15-17H2. The molecule has 1 N–H and O–H groups in total. The Balaban J connectivity index is 1.15. The van der Waals surface area contributed by atoms with Gasteiger partial charge >= 0.3 is 0 Å². The largest absolute Gasteiger partial charge is 0.373 e. The Hall–Kier alpha value is -2.18. The zero-order valence-corrected chi connectivity index (χ0v) is 16.8. The third kappa shape index (κ3) is 4.09. The quantitative estimate of drug-likeness (QED) is 0.839. The fourth-order valence-electron chi connectivity index (χ4n) is 4.75. The van der Waals surface area contributed by atoms with Gasteiger partial charge in [-0.3, -0.25) is 0 Å². The maximum absolute atomic E-state index is 13.1. The highest BCUT2D eigenvalue weighted by molar-refractivity contribution is 5.49. The molecule has 1 spiro atoms. The van der Waals surface area contributed by atoms with Crippen molar-refractivity contribution in [1.29, 1.82) is 0 Å². The molecule has 3 fully saturated rings. The van der Waals surface area contributed by atoms with Gasteiger partial charge in [-0.25, -0.2) is 9.37 Å². The second-order valence-corrected chi connectivity index (χ2v) is 8.60. The summed E-state index contributed by atoms with van der Waals surface area (Å²) < 4.78 is 19.2. The van der Waals surface area contributed by atoms with Gasteiger partial charge in [0.2, 0.25) is 0 Å². The van der Waals surface area contributed by atoms with Gasteiger partial charge in [0.1, 0.15) is 11.6 Å². The van der Waals surface area contributed by atoms with Gasteiger partial charge in [0.05, 0.1) is 12.2 Å². The molecule has 0 amide bonds. The lowest BCUT2D eigenvalue weighted by atomic mass is 9.77. The minimum atomic E-state index is -0.186. The van der Waals surface area contributed by atoms with Crippen LogP contribution in [-0.4, -0.2) is 49.4 Å². The molecule has 2 saturated heterocycles. The van der Waals surface area contributed by atoms with E-state index in [0.29, 0.717) is 6.04 Å². The van der Waals surface area contributed by atoms with E-state index in [1.807, 2.05) is 18.3 Å². The fourth-order valence-corrected chi connectivity index (χ4v) is 4.75. The summed E-state index contributed by atoms with van der Waals surface area (Å²) in [5.74, 6) is 0.857. The van der Waals surface area contributed by atoms with E-state index >= 15 is 0 Å². The van der Waals surface area contributed by atoms with Gasteiger partial charge in [0.25, 0.3) is 0 Å². The molecule has 1 atom stereocenters. The normalized spacial score (nSPS) is 23.4. The minimum Gasteiger partial charge on any atom is -0.373 e. The molecule has 6 heteroatoms. The monoisotopic (exact) mass is 396 g/mol. The van der Waals surface area contributed by atoms with E-state index in [9.17, 15) is 4.39 Å². The zero-order chi connectivity index (χ0) is 19.7. The van der Waals surface area contributed by atoms with Crippen LogP contribution < -0.4 is 15.1 Å². The van der Waals surface area contributed by atoms with E-state index in [1.54, 1.807) is 0 Å². The number of nitrogens with one attached hydrogen (secondary N) is 1. The third-order valence-electron chi connectivity index (χ3n) is 6.67. The van der Waals surface area contributed by atoms with E-state index in [-0.39, 0.29) is 11.4 Å². The number of pyridine rings is 1. The molecule has 1 aliphatic carbocycles. The number of aromatic nitrogens is 1. The van der Waals surface area contributed by atoms with Crippen molar-refractivity contribution in [3.63, 3.8) is 0 Å². The molecular weight excluding hydrogens is 367 g/mol. The van der Waals surface area contributed by atoms with Crippen molar-refractivity contribution in [2.45, 2.75) is 43.9 Å². The molecule has 2 aliphatic heterocycles.